The third-order valence-corrected chi connectivity index (χ3v) is 6.69. The highest BCUT2D eigenvalue weighted by Crippen LogP contribution is 2.27. The van der Waals surface area contributed by atoms with E-state index in [1.807, 2.05) is 36.7 Å². The summed E-state index contributed by atoms with van der Waals surface area (Å²) in [6.07, 6.45) is 4.94. The fraction of sp³-hybridized carbons (Fsp3) is 0.174. The molecule has 0 atom stereocenters. The minimum atomic E-state index is 0.846. The van der Waals surface area contributed by atoms with Crippen LogP contribution in [0.2, 0.25) is 0 Å². The molecule has 3 aromatic heterocycles. The van der Waals surface area contributed by atoms with Crippen molar-refractivity contribution in [1.82, 2.24) is 19.9 Å². The van der Waals surface area contributed by atoms with E-state index in [0.29, 0.717) is 0 Å². The first-order valence-corrected chi connectivity index (χ1v) is 11.2. The molecule has 0 aliphatic carbocycles. The maximum atomic E-state index is 4.81. The summed E-state index contributed by atoms with van der Waals surface area (Å²) >= 11 is 5.29. The number of rotatable bonds is 4. The Labute approximate surface area is 182 Å². The van der Waals surface area contributed by atoms with Gasteiger partial charge in [-0.15, -0.1) is 11.3 Å². The SMILES string of the molecule is Brc1ccccc1-c1ccc(CN2CCc3nc(-c4cccs4)ncc3C2)cn1. The van der Waals surface area contributed by atoms with Crippen LogP contribution in [0.15, 0.2) is 70.8 Å². The highest BCUT2D eigenvalue weighted by atomic mass is 79.9. The Hall–Kier alpha value is -2.41. The Morgan fingerprint density at radius 2 is 1.93 bits per heavy atom. The van der Waals surface area contributed by atoms with Gasteiger partial charge in [0.15, 0.2) is 5.82 Å². The molecule has 0 N–H and O–H groups in total. The van der Waals surface area contributed by atoms with Gasteiger partial charge in [0.05, 0.1) is 16.3 Å². The molecule has 0 saturated carbocycles. The number of halogens is 1. The molecule has 0 saturated heterocycles. The monoisotopic (exact) mass is 462 g/mol. The van der Waals surface area contributed by atoms with Gasteiger partial charge in [0.2, 0.25) is 0 Å². The Kier molecular flexibility index (Phi) is 5.23. The summed E-state index contributed by atoms with van der Waals surface area (Å²) in [4.78, 5) is 17.6. The molecule has 0 fully saturated rings. The van der Waals surface area contributed by atoms with Gasteiger partial charge in [-0.3, -0.25) is 9.88 Å². The first-order valence-electron chi connectivity index (χ1n) is 9.57. The molecule has 144 valence electrons. The third kappa shape index (κ3) is 4.01. The summed E-state index contributed by atoms with van der Waals surface area (Å²) in [6, 6.07) is 16.6. The van der Waals surface area contributed by atoms with Crippen LogP contribution in [0.25, 0.3) is 22.0 Å². The molecule has 4 aromatic rings. The van der Waals surface area contributed by atoms with Crippen molar-refractivity contribution in [2.75, 3.05) is 6.54 Å². The van der Waals surface area contributed by atoms with Crippen molar-refractivity contribution in [3.8, 4) is 22.0 Å². The van der Waals surface area contributed by atoms with Gasteiger partial charge in [0.25, 0.3) is 0 Å². The molecular formula is C23H19BrN4S. The number of nitrogens with zero attached hydrogens (tertiary/aromatic N) is 4. The zero-order chi connectivity index (χ0) is 19.6. The van der Waals surface area contributed by atoms with Crippen molar-refractivity contribution >= 4 is 27.3 Å². The van der Waals surface area contributed by atoms with E-state index in [1.54, 1.807) is 11.3 Å². The Balaban J connectivity index is 1.28. The minimum Gasteiger partial charge on any atom is -0.294 e. The van der Waals surface area contributed by atoms with E-state index in [0.717, 1.165) is 52.5 Å². The molecule has 4 nitrogen and oxygen atoms in total. The first-order chi connectivity index (χ1) is 14.3. The van der Waals surface area contributed by atoms with Crippen LogP contribution in [-0.4, -0.2) is 26.4 Å². The van der Waals surface area contributed by atoms with Gasteiger partial charge in [-0.05, 0) is 29.1 Å². The highest BCUT2D eigenvalue weighted by molar-refractivity contribution is 9.10. The van der Waals surface area contributed by atoms with E-state index < -0.39 is 0 Å². The van der Waals surface area contributed by atoms with Crippen LogP contribution in [0.4, 0.5) is 0 Å². The van der Waals surface area contributed by atoms with Gasteiger partial charge >= 0.3 is 0 Å². The number of hydrogen-bond acceptors (Lipinski definition) is 5. The van der Waals surface area contributed by atoms with Crippen LogP contribution in [-0.2, 0) is 19.5 Å². The number of fused-ring (bicyclic) bond motifs is 1. The van der Waals surface area contributed by atoms with Crippen LogP contribution in [0.5, 0.6) is 0 Å². The quantitative estimate of drug-likeness (QED) is 0.396. The normalized spacial score (nSPS) is 14.0. The number of pyridine rings is 1. The maximum absolute atomic E-state index is 4.81. The van der Waals surface area contributed by atoms with E-state index in [1.165, 1.54) is 16.8 Å². The second-order valence-electron chi connectivity index (χ2n) is 7.14. The molecule has 1 aromatic carbocycles. The fourth-order valence-electron chi connectivity index (χ4n) is 3.64. The van der Waals surface area contributed by atoms with Crippen molar-refractivity contribution in [2.24, 2.45) is 0 Å². The molecule has 29 heavy (non-hydrogen) atoms. The summed E-state index contributed by atoms with van der Waals surface area (Å²) in [6.45, 7) is 2.77. The molecule has 5 rings (SSSR count). The van der Waals surface area contributed by atoms with Crippen LogP contribution >= 0.6 is 27.3 Å². The molecule has 0 spiro atoms. The standard InChI is InChI=1S/C23H19BrN4S/c24-19-5-2-1-4-18(19)21-8-7-16(12-25-21)14-28-10-9-20-17(15-28)13-26-23(27-20)22-6-3-11-29-22/h1-8,11-13H,9-10,14-15H2. The summed E-state index contributed by atoms with van der Waals surface area (Å²) in [5.74, 6) is 0.846. The predicted octanol–water partition coefficient (Wildman–Crippen LogP) is 5.59. The lowest BCUT2D eigenvalue weighted by molar-refractivity contribution is 0.242. The van der Waals surface area contributed by atoms with Gasteiger partial charge in [-0.2, -0.15) is 0 Å². The van der Waals surface area contributed by atoms with Crippen LogP contribution in [0, 0.1) is 0 Å². The van der Waals surface area contributed by atoms with Gasteiger partial charge in [0, 0.05) is 54.0 Å². The summed E-state index contributed by atoms with van der Waals surface area (Å²) in [5, 5.41) is 2.07. The van der Waals surface area contributed by atoms with Gasteiger partial charge in [0.1, 0.15) is 0 Å². The van der Waals surface area contributed by atoms with Crippen LogP contribution in [0.1, 0.15) is 16.8 Å². The lowest BCUT2D eigenvalue weighted by Gasteiger charge is -2.28. The second kappa shape index (κ2) is 8.14. The van der Waals surface area contributed by atoms with Crippen molar-refractivity contribution in [2.45, 2.75) is 19.5 Å². The Morgan fingerprint density at radius 3 is 2.72 bits per heavy atom. The van der Waals surface area contributed by atoms with E-state index >= 15 is 0 Å². The van der Waals surface area contributed by atoms with Crippen molar-refractivity contribution in [3.05, 3.63) is 87.6 Å². The predicted molar refractivity (Wildman–Crippen MR) is 121 cm³/mol. The number of hydrogen-bond donors (Lipinski definition) is 0. The fourth-order valence-corrected chi connectivity index (χ4v) is 4.79. The third-order valence-electron chi connectivity index (χ3n) is 5.14. The van der Waals surface area contributed by atoms with E-state index in [9.17, 15) is 0 Å². The Morgan fingerprint density at radius 1 is 1.00 bits per heavy atom. The second-order valence-corrected chi connectivity index (χ2v) is 8.94. The van der Waals surface area contributed by atoms with E-state index in [-0.39, 0.29) is 0 Å². The average Bonchev–Trinajstić information content (AvgIpc) is 3.29. The van der Waals surface area contributed by atoms with Gasteiger partial charge < -0.3 is 0 Å². The molecule has 0 amide bonds. The topological polar surface area (TPSA) is 41.9 Å². The Bertz CT molecular complexity index is 1130. The first kappa shape index (κ1) is 18.6. The summed E-state index contributed by atoms with van der Waals surface area (Å²) < 4.78 is 1.06. The van der Waals surface area contributed by atoms with Crippen LogP contribution < -0.4 is 0 Å². The molecule has 0 radical (unpaired) electrons. The maximum Gasteiger partial charge on any atom is 0.169 e. The summed E-state index contributed by atoms with van der Waals surface area (Å²) in [5.41, 5.74) is 5.74. The number of aromatic nitrogens is 3. The van der Waals surface area contributed by atoms with Crippen molar-refractivity contribution in [3.63, 3.8) is 0 Å². The molecule has 6 heteroatoms. The highest BCUT2D eigenvalue weighted by Gasteiger charge is 2.19. The average molecular weight is 463 g/mol. The lowest BCUT2D eigenvalue weighted by atomic mass is 10.1. The van der Waals surface area contributed by atoms with Crippen molar-refractivity contribution in [1.29, 1.82) is 0 Å². The van der Waals surface area contributed by atoms with Crippen molar-refractivity contribution < 1.29 is 0 Å². The molecular weight excluding hydrogens is 444 g/mol. The zero-order valence-corrected chi connectivity index (χ0v) is 18.2. The number of thiophene rings is 1. The largest absolute Gasteiger partial charge is 0.294 e. The molecule has 1 aliphatic heterocycles. The minimum absolute atomic E-state index is 0.846. The summed E-state index contributed by atoms with van der Waals surface area (Å²) in [7, 11) is 0. The van der Waals surface area contributed by atoms with Gasteiger partial charge in [-0.1, -0.05) is 46.3 Å². The van der Waals surface area contributed by atoms with E-state index in [4.69, 9.17) is 4.98 Å². The molecule has 4 heterocycles. The smallest absolute Gasteiger partial charge is 0.169 e. The van der Waals surface area contributed by atoms with Gasteiger partial charge in [-0.25, -0.2) is 9.97 Å². The zero-order valence-electron chi connectivity index (χ0n) is 15.8. The van der Waals surface area contributed by atoms with E-state index in [2.05, 4.69) is 60.4 Å². The molecule has 0 bridgehead atoms. The number of benzene rings is 1. The van der Waals surface area contributed by atoms with Crippen LogP contribution in [0.3, 0.4) is 0 Å². The lowest BCUT2D eigenvalue weighted by Crippen LogP contribution is -2.31. The molecule has 1 aliphatic rings. The molecule has 0 unspecified atom stereocenters.